The summed E-state index contributed by atoms with van der Waals surface area (Å²) >= 11 is 0. The van der Waals surface area contributed by atoms with Crippen LogP contribution < -0.4 is 14.4 Å². The van der Waals surface area contributed by atoms with Crippen LogP contribution in [0, 0.1) is 0 Å². The summed E-state index contributed by atoms with van der Waals surface area (Å²) in [6.45, 7) is -0.000496. The van der Waals surface area contributed by atoms with Crippen LogP contribution >= 0.6 is 0 Å². The highest BCUT2D eigenvalue weighted by molar-refractivity contribution is 7.92. The number of carbonyl (C=O) groups excluding carboxylic acids is 1. The van der Waals surface area contributed by atoms with Gasteiger partial charge in [0.1, 0.15) is 5.75 Å². The van der Waals surface area contributed by atoms with E-state index in [1.54, 1.807) is 24.3 Å². The van der Waals surface area contributed by atoms with Gasteiger partial charge < -0.3 is 10.1 Å². The summed E-state index contributed by atoms with van der Waals surface area (Å²) in [5.74, 6) is -0.0743. The summed E-state index contributed by atoms with van der Waals surface area (Å²) in [4.78, 5) is 12.1. The Morgan fingerprint density at radius 1 is 1.10 bits per heavy atom. The van der Waals surface area contributed by atoms with E-state index in [2.05, 4.69) is 5.32 Å². The second-order valence-corrected chi connectivity index (χ2v) is 8.14. The van der Waals surface area contributed by atoms with Gasteiger partial charge in [-0.1, -0.05) is 12.1 Å². The average molecular weight is 430 g/mol. The number of carbonyl (C=O) groups is 1. The topological polar surface area (TPSA) is 75.7 Å². The molecule has 6 nitrogen and oxygen atoms in total. The standard InChI is InChI=1S/C19H21F3N2O4S/c1-28-15-11-9-14(10-12-15)24(29(2,26)27)13-5-8-18(25)23-17-7-4-3-6-16(17)19(20,21)22/h3-4,6-7,9-12H,5,8,13H2,1-2H3,(H,23,25). The van der Waals surface area contributed by atoms with Crippen molar-refractivity contribution < 1.29 is 31.1 Å². The number of anilines is 2. The average Bonchev–Trinajstić information content (AvgIpc) is 2.64. The number of ether oxygens (including phenoxy) is 1. The highest BCUT2D eigenvalue weighted by atomic mass is 32.2. The van der Waals surface area contributed by atoms with Crippen LogP contribution in [0.5, 0.6) is 5.75 Å². The van der Waals surface area contributed by atoms with Crippen molar-refractivity contribution in [3.63, 3.8) is 0 Å². The van der Waals surface area contributed by atoms with E-state index in [0.29, 0.717) is 11.4 Å². The molecule has 158 valence electrons. The largest absolute Gasteiger partial charge is 0.497 e. The first-order valence-electron chi connectivity index (χ1n) is 8.60. The number of alkyl halides is 3. The second-order valence-electron chi connectivity index (χ2n) is 6.23. The predicted molar refractivity (Wildman–Crippen MR) is 104 cm³/mol. The van der Waals surface area contributed by atoms with Crippen molar-refractivity contribution >= 4 is 27.3 Å². The minimum atomic E-state index is -4.59. The summed E-state index contributed by atoms with van der Waals surface area (Å²) < 4.78 is 69.3. The number of benzene rings is 2. The van der Waals surface area contributed by atoms with Crippen LogP contribution in [0.2, 0.25) is 0 Å². The SMILES string of the molecule is COc1ccc(N(CCCC(=O)Nc2ccccc2C(F)(F)F)S(C)(=O)=O)cc1. The van der Waals surface area contributed by atoms with Gasteiger partial charge in [-0.2, -0.15) is 13.2 Å². The number of methoxy groups -OCH3 is 1. The lowest BCUT2D eigenvalue weighted by atomic mass is 10.1. The quantitative estimate of drug-likeness (QED) is 0.689. The van der Waals surface area contributed by atoms with Crippen molar-refractivity contribution in [1.29, 1.82) is 0 Å². The molecule has 1 N–H and O–H groups in total. The molecule has 0 unspecified atom stereocenters. The molecule has 2 aromatic carbocycles. The lowest BCUT2D eigenvalue weighted by Crippen LogP contribution is -2.31. The molecule has 0 saturated heterocycles. The number of hydrogen-bond donors (Lipinski definition) is 1. The first-order valence-corrected chi connectivity index (χ1v) is 10.4. The van der Waals surface area contributed by atoms with E-state index in [1.165, 1.54) is 25.3 Å². The zero-order valence-electron chi connectivity index (χ0n) is 15.9. The van der Waals surface area contributed by atoms with Crippen molar-refractivity contribution in [2.75, 3.05) is 29.5 Å². The van der Waals surface area contributed by atoms with E-state index >= 15 is 0 Å². The molecule has 2 rings (SSSR count). The van der Waals surface area contributed by atoms with Gasteiger partial charge in [0.15, 0.2) is 0 Å². The van der Waals surface area contributed by atoms with Crippen LogP contribution in [-0.4, -0.2) is 34.2 Å². The Hall–Kier alpha value is -2.75. The Bertz CT molecular complexity index is 945. The molecule has 2 aromatic rings. The fourth-order valence-electron chi connectivity index (χ4n) is 2.67. The molecule has 0 heterocycles. The van der Waals surface area contributed by atoms with Crippen LogP contribution in [-0.2, 0) is 21.0 Å². The van der Waals surface area contributed by atoms with Gasteiger partial charge in [-0.3, -0.25) is 9.10 Å². The van der Waals surface area contributed by atoms with Crippen LogP contribution in [0.4, 0.5) is 24.5 Å². The number of rotatable bonds is 8. The van der Waals surface area contributed by atoms with Gasteiger partial charge in [0.25, 0.3) is 0 Å². The summed E-state index contributed by atoms with van der Waals surface area (Å²) in [6, 6.07) is 11.0. The number of para-hydroxylation sites is 1. The molecule has 0 aliphatic heterocycles. The number of nitrogens with one attached hydrogen (secondary N) is 1. The third-order valence-corrected chi connectivity index (χ3v) is 5.23. The normalized spacial score (nSPS) is 11.8. The second kappa shape index (κ2) is 9.17. The van der Waals surface area contributed by atoms with Gasteiger partial charge in [-0.25, -0.2) is 8.42 Å². The molecule has 10 heteroatoms. The Morgan fingerprint density at radius 2 is 1.72 bits per heavy atom. The van der Waals surface area contributed by atoms with Gasteiger partial charge in [0.2, 0.25) is 15.9 Å². The zero-order chi connectivity index (χ0) is 21.7. The molecule has 0 bridgehead atoms. The van der Waals surface area contributed by atoms with Crippen LogP contribution in [0.25, 0.3) is 0 Å². The van der Waals surface area contributed by atoms with E-state index in [-0.39, 0.29) is 25.1 Å². The van der Waals surface area contributed by atoms with E-state index in [4.69, 9.17) is 4.74 Å². The maximum atomic E-state index is 13.0. The molecule has 0 aliphatic carbocycles. The Morgan fingerprint density at radius 3 is 2.28 bits per heavy atom. The third kappa shape index (κ3) is 6.38. The fraction of sp³-hybridized carbons (Fsp3) is 0.316. The molecule has 0 radical (unpaired) electrons. The number of sulfonamides is 1. The lowest BCUT2D eigenvalue weighted by molar-refractivity contribution is -0.137. The molecule has 0 aromatic heterocycles. The summed E-state index contributed by atoms with van der Waals surface area (Å²) in [5, 5.41) is 2.24. The fourth-order valence-corrected chi connectivity index (χ4v) is 3.64. The van der Waals surface area contributed by atoms with E-state index in [1.807, 2.05) is 0 Å². The Balaban J connectivity index is 2.02. The number of nitrogens with zero attached hydrogens (tertiary/aromatic N) is 1. The van der Waals surface area contributed by atoms with Gasteiger partial charge in [-0.15, -0.1) is 0 Å². The van der Waals surface area contributed by atoms with Crippen LogP contribution in [0.15, 0.2) is 48.5 Å². The first-order chi connectivity index (χ1) is 13.5. The number of amides is 1. The van der Waals surface area contributed by atoms with Crippen LogP contribution in [0.1, 0.15) is 18.4 Å². The van der Waals surface area contributed by atoms with Gasteiger partial charge >= 0.3 is 6.18 Å². The van der Waals surface area contributed by atoms with Gasteiger partial charge in [0, 0.05) is 13.0 Å². The third-order valence-electron chi connectivity index (χ3n) is 4.03. The minimum absolute atomic E-state index is 0.000496. The molecular formula is C19H21F3N2O4S. The molecule has 0 saturated carbocycles. The molecule has 0 spiro atoms. The highest BCUT2D eigenvalue weighted by Crippen LogP contribution is 2.34. The maximum Gasteiger partial charge on any atom is 0.418 e. The smallest absolute Gasteiger partial charge is 0.418 e. The minimum Gasteiger partial charge on any atom is -0.497 e. The molecule has 0 aliphatic rings. The zero-order valence-corrected chi connectivity index (χ0v) is 16.7. The van der Waals surface area contributed by atoms with Crippen molar-refractivity contribution in [3.8, 4) is 5.75 Å². The monoisotopic (exact) mass is 430 g/mol. The van der Waals surface area contributed by atoms with Crippen molar-refractivity contribution in [2.24, 2.45) is 0 Å². The molecule has 0 atom stereocenters. The molecule has 29 heavy (non-hydrogen) atoms. The number of hydrogen-bond acceptors (Lipinski definition) is 4. The molecule has 1 amide bonds. The highest BCUT2D eigenvalue weighted by Gasteiger charge is 2.33. The summed E-state index contributed by atoms with van der Waals surface area (Å²) in [7, 11) is -2.12. The van der Waals surface area contributed by atoms with Crippen molar-refractivity contribution in [3.05, 3.63) is 54.1 Å². The maximum absolute atomic E-state index is 13.0. The number of halogens is 3. The van der Waals surface area contributed by atoms with Crippen molar-refractivity contribution in [1.82, 2.24) is 0 Å². The van der Waals surface area contributed by atoms with Crippen molar-refractivity contribution in [2.45, 2.75) is 19.0 Å². The first kappa shape index (κ1) is 22.5. The Kier molecular flexibility index (Phi) is 7.12. The summed E-state index contributed by atoms with van der Waals surface area (Å²) in [5.41, 5.74) is -0.874. The van der Waals surface area contributed by atoms with Gasteiger partial charge in [0.05, 0.1) is 30.3 Å². The van der Waals surface area contributed by atoms with Gasteiger partial charge in [-0.05, 0) is 42.8 Å². The lowest BCUT2D eigenvalue weighted by Gasteiger charge is -2.22. The van der Waals surface area contributed by atoms with E-state index in [0.717, 1.165) is 16.6 Å². The van der Waals surface area contributed by atoms with E-state index in [9.17, 15) is 26.4 Å². The Labute approximate surface area is 167 Å². The summed E-state index contributed by atoms with van der Waals surface area (Å²) in [6.07, 6.45) is -3.57. The molecule has 0 fully saturated rings. The van der Waals surface area contributed by atoms with E-state index < -0.39 is 27.7 Å². The molecular weight excluding hydrogens is 409 g/mol. The predicted octanol–water partition coefficient (Wildman–Crippen LogP) is 3.90. The van der Waals surface area contributed by atoms with Crippen LogP contribution in [0.3, 0.4) is 0 Å².